The summed E-state index contributed by atoms with van der Waals surface area (Å²) in [5, 5.41) is 9.33. The Morgan fingerprint density at radius 1 is 1.69 bits per heavy atom. The highest BCUT2D eigenvalue weighted by Gasteiger charge is 2.52. The zero-order valence-electron chi connectivity index (χ0n) is 7.33. The molecule has 2 aliphatic carbocycles. The molecule has 0 spiro atoms. The number of halogens is 1. The molecule has 1 N–H and O–H groups in total. The molecule has 0 aromatic carbocycles. The molecule has 2 aliphatic rings. The average molecular weight is 199 g/mol. The van der Waals surface area contributed by atoms with Crippen molar-refractivity contribution < 1.29 is 9.90 Å². The highest BCUT2D eigenvalue weighted by molar-refractivity contribution is 6.30. The van der Waals surface area contributed by atoms with Gasteiger partial charge in [0.05, 0.1) is 0 Å². The summed E-state index contributed by atoms with van der Waals surface area (Å²) in [5.74, 6) is 0.994. The van der Waals surface area contributed by atoms with E-state index in [1.807, 2.05) is 0 Å². The second-order valence-electron chi connectivity index (χ2n) is 3.78. The van der Waals surface area contributed by atoms with E-state index in [0.717, 1.165) is 17.0 Å². The van der Waals surface area contributed by atoms with E-state index in [1.165, 1.54) is 6.08 Å². The normalized spacial score (nSPS) is 36.9. The molecule has 1 saturated carbocycles. The fraction of sp³-hybridized carbons (Fsp3) is 0.500. The molecule has 3 heteroatoms. The monoisotopic (exact) mass is 198 g/mol. The van der Waals surface area contributed by atoms with Crippen molar-refractivity contribution in [2.45, 2.75) is 13.3 Å². The Morgan fingerprint density at radius 3 is 2.92 bits per heavy atom. The lowest BCUT2D eigenvalue weighted by Gasteiger charge is -1.99. The maximum absolute atomic E-state index is 10.3. The molecule has 2 nitrogen and oxygen atoms in total. The Kier molecular flexibility index (Phi) is 1.95. The van der Waals surface area contributed by atoms with E-state index in [2.05, 4.69) is 6.92 Å². The first-order valence-corrected chi connectivity index (χ1v) is 4.78. The maximum Gasteiger partial charge on any atom is 0.328 e. The van der Waals surface area contributed by atoms with E-state index in [1.54, 1.807) is 6.08 Å². The summed E-state index contributed by atoms with van der Waals surface area (Å²) < 4.78 is 0. The zero-order valence-corrected chi connectivity index (χ0v) is 8.08. The van der Waals surface area contributed by atoms with Crippen LogP contribution in [-0.2, 0) is 4.79 Å². The van der Waals surface area contributed by atoms with Gasteiger partial charge in [0.2, 0.25) is 0 Å². The molecule has 0 unspecified atom stereocenters. The number of allylic oxidation sites excluding steroid dienone is 3. The van der Waals surface area contributed by atoms with Gasteiger partial charge in [-0.3, -0.25) is 0 Å². The summed E-state index contributed by atoms with van der Waals surface area (Å²) in [6.07, 6.45) is 3.76. The Balaban J connectivity index is 2.14. The van der Waals surface area contributed by atoms with Crippen LogP contribution in [0.5, 0.6) is 0 Å². The van der Waals surface area contributed by atoms with Crippen LogP contribution < -0.4 is 0 Å². The number of fused-ring (bicyclic) bond motifs is 1. The third kappa shape index (κ3) is 1.39. The zero-order chi connectivity index (χ0) is 9.59. The number of carbonyl (C=O) groups is 1. The first kappa shape index (κ1) is 8.82. The van der Waals surface area contributed by atoms with Crippen molar-refractivity contribution >= 4 is 17.6 Å². The Bertz CT molecular complexity index is 317. The van der Waals surface area contributed by atoms with Gasteiger partial charge in [-0.25, -0.2) is 4.79 Å². The fourth-order valence-electron chi connectivity index (χ4n) is 2.24. The summed E-state index contributed by atoms with van der Waals surface area (Å²) in [6.45, 7) is 2.19. The van der Waals surface area contributed by atoms with Crippen LogP contribution in [0.25, 0.3) is 0 Å². The van der Waals surface area contributed by atoms with Crippen LogP contribution in [-0.4, -0.2) is 11.1 Å². The summed E-state index contributed by atoms with van der Waals surface area (Å²) in [5.41, 5.74) is 1.04. The molecule has 0 saturated heterocycles. The number of carboxylic acids is 1. The fourth-order valence-corrected chi connectivity index (χ4v) is 2.61. The van der Waals surface area contributed by atoms with Gasteiger partial charge in [0.1, 0.15) is 0 Å². The minimum absolute atomic E-state index is 0.531. The number of hydrogen-bond donors (Lipinski definition) is 1. The SMILES string of the molecule is C[C@H]1[C@H]2CC(Cl)=C(C=CC(=O)O)[C@@H]12. The molecule has 2 rings (SSSR count). The van der Waals surface area contributed by atoms with Crippen LogP contribution in [0.2, 0.25) is 0 Å². The minimum Gasteiger partial charge on any atom is -0.478 e. The summed E-state index contributed by atoms with van der Waals surface area (Å²) in [7, 11) is 0. The smallest absolute Gasteiger partial charge is 0.328 e. The molecule has 1 fully saturated rings. The van der Waals surface area contributed by atoms with Gasteiger partial charge in [-0.05, 0) is 29.7 Å². The molecule has 0 radical (unpaired) electrons. The first-order valence-electron chi connectivity index (χ1n) is 4.41. The molecular formula is C10H11ClO2. The molecule has 0 bridgehead atoms. The Morgan fingerprint density at radius 2 is 2.38 bits per heavy atom. The van der Waals surface area contributed by atoms with Gasteiger partial charge in [0.25, 0.3) is 0 Å². The molecule has 70 valence electrons. The Labute approximate surface area is 81.9 Å². The Hall–Kier alpha value is -0.760. The third-order valence-electron chi connectivity index (χ3n) is 3.05. The average Bonchev–Trinajstić information content (AvgIpc) is 2.56. The lowest BCUT2D eigenvalue weighted by atomic mass is 10.1. The molecule has 13 heavy (non-hydrogen) atoms. The molecule has 0 aliphatic heterocycles. The maximum atomic E-state index is 10.3. The van der Waals surface area contributed by atoms with E-state index in [0.29, 0.717) is 17.8 Å². The quantitative estimate of drug-likeness (QED) is 0.692. The van der Waals surface area contributed by atoms with Gasteiger partial charge in [0, 0.05) is 11.1 Å². The second kappa shape index (κ2) is 2.88. The number of aliphatic carboxylic acids is 1. The van der Waals surface area contributed by atoms with Gasteiger partial charge in [0.15, 0.2) is 0 Å². The van der Waals surface area contributed by atoms with Crippen molar-refractivity contribution in [3.05, 3.63) is 22.8 Å². The van der Waals surface area contributed by atoms with E-state index in [4.69, 9.17) is 16.7 Å². The molecule has 0 heterocycles. The van der Waals surface area contributed by atoms with Crippen molar-refractivity contribution in [2.75, 3.05) is 0 Å². The standard InChI is InChI=1S/C10H11ClO2/c1-5-7-4-8(11)6(10(5)7)2-3-9(12)13/h2-3,5,7,10H,4H2,1H3,(H,12,13)/t5-,7+,10+/m0/s1. The predicted octanol–water partition coefficient (Wildman–Crippen LogP) is 2.41. The number of carboxylic acid groups (broad SMARTS) is 1. The topological polar surface area (TPSA) is 37.3 Å². The molecule has 0 aromatic rings. The predicted molar refractivity (Wildman–Crippen MR) is 50.4 cm³/mol. The van der Waals surface area contributed by atoms with E-state index in [9.17, 15) is 4.79 Å². The van der Waals surface area contributed by atoms with E-state index in [-0.39, 0.29) is 0 Å². The number of rotatable bonds is 2. The van der Waals surface area contributed by atoms with Crippen LogP contribution in [0.4, 0.5) is 0 Å². The van der Waals surface area contributed by atoms with Crippen LogP contribution >= 0.6 is 11.6 Å². The van der Waals surface area contributed by atoms with E-state index < -0.39 is 5.97 Å². The van der Waals surface area contributed by atoms with E-state index >= 15 is 0 Å². The van der Waals surface area contributed by atoms with Crippen LogP contribution in [0.15, 0.2) is 22.8 Å². The van der Waals surface area contributed by atoms with Crippen LogP contribution in [0.1, 0.15) is 13.3 Å². The largest absolute Gasteiger partial charge is 0.478 e. The van der Waals surface area contributed by atoms with Gasteiger partial charge in [-0.2, -0.15) is 0 Å². The second-order valence-corrected chi connectivity index (χ2v) is 4.24. The summed E-state index contributed by atoms with van der Waals surface area (Å²) >= 11 is 5.99. The number of hydrogen-bond acceptors (Lipinski definition) is 1. The van der Waals surface area contributed by atoms with Gasteiger partial charge < -0.3 is 5.11 Å². The highest BCUT2D eigenvalue weighted by Crippen LogP contribution is 2.60. The minimum atomic E-state index is -0.909. The molecule has 3 atom stereocenters. The first-order chi connectivity index (χ1) is 6.11. The lowest BCUT2D eigenvalue weighted by molar-refractivity contribution is -0.131. The van der Waals surface area contributed by atoms with Crippen molar-refractivity contribution in [1.29, 1.82) is 0 Å². The van der Waals surface area contributed by atoms with Crippen molar-refractivity contribution in [2.24, 2.45) is 17.8 Å². The van der Waals surface area contributed by atoms with Gasteiger partial charge in [-0.15, -0.1) is 0 Å². The lowest BCUT2D eigenvalue weighted by Crippen LogP contribution is -1.90. The van der Waals surface area contributed by atoms with Crippen molar-refractivity contribution in [3.8, 4) is 0 Å². The highest BCUT2D eigenvalue weighted by atomic mass is 35.5. The van der Waals surface area contributed by atoms with Gasteiger partial charge >= 0.3 is 5.97 Å². The van der Waals surface area contributed by atoms with Crippen LogP contribution in [0, 0.1) is 17.8 Å². The summed E-state index contributed by atoms with van der Waals surface area (Å²) in [6, 6.07) is 0. The molecule has 0 aromatic heterocycles. The van der Waals surface area contributed by atoms with Crippen molar-refractivity contribution in [1.82, 2.24) is 0 Å². The molecular weight excluding hydrogens is 188 g/mol. The third-order valence-corrected chi connectivity index (χ3v) is 3.43. The summed E-state index contributed by atoms with van der Waals surface area (Å²) in [4.78, 5) is 10.3. The van der Waals surface area contributed by atoms with Crippen molar-refractivity contribution in [3.63, 3.8) is 0 Å². The van der Waals surface area contributed by atoms with Crippen LogP contribution in [0.3, 0.4) is 0 Å². The van der Waals surface area contributed by atoms with Gasteiger partial charge in [-0.1, -0.05) is 24.6 Å². The molecule has 0 amide bonds.